The number of fused-ring (bicyclic) bond motifs is 3. The van der Waals surface area contributed by atoms with Gasteiger partial charge in [-0.3, -0.25) is 4.79 Å². The topological polar surface area (TPSA) is 87.9 Å². The van der Waals surface area contributed by atoms with Crippen molar-refractivity contribution in [3.8, 4) is 0 Å². The average Bonchev–Trinajstić information content (AvgIpc) is 2.97. The van der Waals surface area contributed by atoms with Crippen LogP contribution in [0.3, 0.4) is 0 Å². The van der Waals surface area contributed by atoms with Gasteiger partial charge < -0.3 is 15.6 Å². The quantitative estimate of drug-likeness (QED) is 0.744. The van der Waals surface area contributed by atoms with E-state index in [1.807, 2.05) is 18.7 Å². The van der Waals surface area contributed by atoms with Crippen LogP contribution in [-0.4, -0.2) is 32.3 Å². The Kier molecular flexibility index (Phi) is 3.90. The molecule has 1 aliphatic rings. The molecule has 0 saturated carbocycles. The first kappa shape index (κ1) is 16.6. The Labute approximate surface area is 152 Å². The zero-order valence-corrected chi connectivity index (χ0v) is 15.3. The molecule has 0 atom stereocenters. The van der Waals surface area contributed by atoms with Gasteiger partial charge in [-0.05, 0) is 31.0 Å². The van der Waals surface area contributed by atoms with Gasteiger partial charge in [-0.2, -0.15) is 0 Å². The van der Waals surface area contributed by atoms with Crippen molar-refractivity contribution in [2.24, 2.45) is 0 Å². The van der Waals surface area contributed by atoms with Crippen LogP contribution < -0.4 is 5.73 Å². The van der Waals surface area contributed by atoms with E-state index >= 15 is 0 Å². The summed E-state index contributed by atoms with van der Waals surface area (Å²) < 4.78 is 0. The summed E-state index contributed by atoms with van der Waals surface area (Å²) >= 11 is 0. The standard InChI is InChI=1S/C20H23N5O/c1-11(2)17-9-18(24-20(21)23-17)19(26)25-7-6-16-14(10-25)13-8-12(3)4-5-15(13)22-16/h4-5,8-9,11,22H,6-7,10H2,1-3H3,(H2,21,23,24). The molecule has 2 aromatic heterocycles. The highest BCUT2D eigenvalue weighted by molar-refractivity contribution is 5.94. The molecule has 0 spiro atoms. The normalized spacial score (nSPS) is 14.1. The highest BCUT2D eigenvalue weighted by Crippen LogP contribution is 2.29. The molecule has 0 unspecified atom stereocenters. The van der Waals surface area contributed by atoms with Gasteiger partial charge in [0.15, 0.2) is 0 Å². The van der Waals surface area contributed by atoms with E-state index in [2.05, 4.69) is 40.1 Å². The fourth-order valence-electron chi connectivity index (χ4n) is 3.55. The summed E-state index contributed by atoms with van der Waals surface area (Å²) in [6, 6.07) is 8.15. The van der Waals surface area contributed by atoms with Crippen molar-refractivity contribution in [1.29, 1.82) is 0 Å². The van der Waals surface area contributed by atoms with Gasteiger partial charge in [-0.15, -0.1) is 0 Å². The van der Waals surface area contributed by atoms with Crippen molar-refractivity contribution >= 4 is 22.8 Å². The van der Waals surface area contributed by atoms with Crippen molar-refractivity contribution in [2.45, 2.75) is 39.7 Å². The summed E-state index contributed by atoms with van der Waals surface area (Å²) in [6.45, 7) is 7.38. The molecule has 0 saturated heterocycles. The fourth-order valence-corrected chi connectivity index (χ4v) is 3.55. The third-order valence-electron chi connectivity index (χ3n) is 4.99. The van der Waals surface area contributed by atoms with Crippen LogP contribution >= 0.6 is 0 Å². The highest BCUT2D eigenvalue weighted by Gasteiger charge is 2.26. The van der Waals surface area contributed by atoms with E-state index in [1.165, 1.54) is 22.2 Å². The molecule has 26 heavy (non-hydrogen) atoms. The van der Waals surface area contributed by atoms with Crippen molar-refractivity contribution in [3.05, 3.63) is 52.5 Å². The summed E-state index contributed by atoms with van der Waals surface area (Å²) in [7, 11) is 0. The summed E-state index contributed by atoms with van der Waals surface area (Å²) in [6.07, 6.45) is 0.812. The minimum Gasteiger partial charge on any atom is -0.368 e. The predicted molar refractivity (Wildman–Crippen MR) is 102 cm³/mol. The van der Waals surface area contributed by atoms with Crippen LogP contribution in [0.5, 0.6) is 0 Å². The molecule has 0 bridgehead atoms. The predicted octanol–water partition coefficient (Wildman–Crippen LogP) is 3.17. The van der Waals surface area contributed by atoms with E-state index in [0.717, 1.165) is 17.6 Å². The Morgan fingerprint density at radius 1 is 1.27 bits per heavy atom. The number of H-pyrrole nitrogens is 1. The van der Waals surface area contributed by atoms with Crippen LogP contribution in [0.25, 0.3) is 10.9 Å². The van der Waals surface area contributed by atoms with E-state index in [-0.39, 0.29) is 17.8 Å². The van der Waals surface area contributed by atoms with E-state index in [0.29, 0.717) is 18.8 Å². The molecule has 1 aliphatic heterocycles. The van der Waals surface area contributed by atoms with Crippen molar-refractivity contribution < 1.29 is 4.79 Å². The highest BCUT2D eigenvalue weighted by atomic mass is 16.2. The van der Waals surface area contributed by atoms with Crippen molar-refractivity contribution in [3.63, 3.8) is 0 Å². The number of nitrogens with one attached hydrogen (secondary N) is 1. The first-order chi connectivity index (χ1) is 12.4. The maximum absolute atomic E-state index is 13.0. The Balaban J connectivity index is 1.67. The van der Waals surface area contributed by atoms with E-state index in [1.54, 1.807) is 6.07 Å². The Hall–Kier alpha value is -2.89. The molecule has 4 rings (SSSR count). The van der Waals surface area contributed by atoms with Crippen LogP contribution in [0.2, 0.25) is 0 Å². The van der Waals surface area contributed by atoms with Crippen LogP contribution in [0, 0.1) is 6.92 Å². The number of nitrogens with two attached hydrogens (primary N) is 1. The van der Waals surface area contributed by atoms with Crippen LogP contribution in [-0.2, 0) is 13.0 Å². The molecule has 0 radical (unpaired) electrons. The smallest absolute Gasteiger partial charge is 0.272 e. The van der Waals surface area contributed by atoms with Crippen LogP contribution in [0.15, 0.2) is 24.3 Å². The van der Waals surface area contributed by atoms with Gasteiger partial charge in [0.2, 0.25) is 5.95 Å². The zero-order chi connectivity index (χ0) is 18.4. The number of aromatic nitrogens is 3. The Morgan fingerprint density at radius 2 is 2.08 bits per heavy atom. The van der Waals surface area contributed by atoms with Gasteiger partial charge >= 0.3 is 0 Å². The second-order valence-electron chi connectivity index (χ2n) is 7.30. The molecule has 1 amide bonds. The lowest BCUT2D eigenvalue weighted by molar-refractivity contribution is 0.0729. The number of aryl methyl sites for hydroxylation is 1. The molecule has 3 aromatic rings. The van der Waals surface area contributed by atoms with Gasteiger partial charge in [-0.25, -0.2) is 9.97 Å². The second-order valence-corrected chi connectivity index (χ2v) is 7.30. The van der Waals surface area contributed by atoms with Gasteiger partial charge in [0.05, 0.1) is 0 Å². The number of carbonyl (C=O) groups is 1. The monoisotopic (exact) mass is 349 g/mol. The van der Waals surface area contributed by atoms with E-state index < -0.39 is 0 Å². The minimum atomic E-state index is -0.0892. The lowest BCUT2D eigenvalue weighted by Crippen LogP contribution is -2.36. The first-order valence-electron chi connectivity index (χ1n) is 8.96. The summed E-state index contributed by atoms with van der Waals surface area (Å²) in [5.41, 5.74) is 11.8. The summed E-state index contributed by atoms with van der Waals surface area (Å²) in [4.78, 5) is 26.8. The molecule has 6 nitrogen and oxygen atoms in total. The number of hydrogen-bond donors (Lipinski definition) is 2. The molecule has 6 heteroatoms. The SMILES string of the molecule is Cc1ccc2[nH]c3c(c2c1)CN(C(=O)c1cc(C(C)C)nc(N)n1)CC3. The molecule has 0 aliphatic carbocycles. The van der Waals surface area contributed by atoms with Gasteiger partial charge in [0.1, 0.15) is 5.69 Å². The van der Waals surface area contributed by atoms with Crippen LogP contribution in [0.4, 0.5) is 5.95 Å². The molecular weight excluding hydrogens is 326 g/mol. The number of nitrogen functional groups attached to an aromatic ring is 1. The van der Waals surface area contributed by atoms with Crippen molar-refractivity contribution in [1.82, 2.24) is 19.9 Å². The lowest BCUT2D eigenvalue weighted by atomic mass is 10.0. The Morgan fingerprint density at radius 3 is 2.85 bits per heavy atom. The van der Waals surface area contributed by atoms with Crippen molar-refractivity contribution in [2.75, 3.05) is 12.3 Å². The fraction of sp³-hybridized carbons (Fsp3) is 0.350. The average molecular weight is 349 g/mol. The number of aromatic amines is 1. The number of nitrogens with zero attached hydrogens (tertiary/aromatic N) is 3. The number of benzene rings is 1. The van der Waals surface area contributed by atoms with Crippen LogP contribution in [0.1, 0.15) is 52.8 Å². The maximum atomic E-state index is 13.0. The minimum absolute atomic E-state index is 0.0892. The second kappa shape index (κ2) is 6.12. The molecule has 3 heterocycles. The third-order valence-corrected chi connectivity index (χ3v) is 4.99. The summed E-state index contributed by atoms with van der Waals surface area (Å²) in [5.74, 6) is 0.255. The van der Waals surface area contributed by atoms with E-state index in [4.69, 9.17) is 5.73 Å². The summed E-state index contributed by atoms with van der Waals surface area (Å²) in [5, 5.41) is 1.20. The zero-order valence-electron chi connectivity index (χ0n) is 15.3. The Bertz CT molecular complexity index is 1000. The number of carbonyl (C=O) groups excluding carboxylic acids is 1. The molecule has 134 valence electrons. The molecule has 3 N–H and O–H groups in total. The molecule has 0 fully saturated rings. The number of anilines is 1. The van der Waals surface area contributed by atoms with Gasteiger partial charge in [0.25, 0.3) is 5.91 Å². The number of amides is 1. The lowest BCUT2D eigenvalue weighted by Gasteiger charge is -2.27. The molecule has 1 aromatic carbocycles. The first-order valence-corrected chi connectivity index (χ1v) is 8.96. The van der Waals surface area contributed by atoms with Gasteiger partial charge in [0, 0.05) is 47.4 Å². The van der Waals surface area contributed by atoms with Gasteiger partial charge in [-0.1, -0.05) is 25.5 Å². The van der Waals surface area contributed by atoms with E-state index in [9.17, 15) is 4.79 Å². The largest absolute Gasteiger partial charge is 0.368 e. The molecular formula is C20H23N5O. The number of hydrogen-bond acceptors (Lipinski definition) is 4. The maximum Gasteiger partial charge on any atom is 0.272 e. The number of rotatable bonds is 2. The third kappa shape index (κ3) is 2.81.